The van der Waals surface area contributed by atoms with Gasteiger partial charge in [-0.1, -0.05) is 231 Å². The molecular weight excluding hydrogens is 1510 g/mol. The number of rotatable bonds is 23. The van der Waals surface area contributed by atoms with E-state index >= 15 is 0 Å². The van der Waals surface area contributed by atoms with Gasteiger partial charge in [-0.3, -0.25) is 19.3 Å². The van der Waals surface area contributed by atoms with E-state index in [4.69, 9.17) is 23.7 Å². The Bertz CT molecular complexity index is 5010. The molecule has 12 bridgehead atoms. The number of ether oxygens (including phenoxy) is 5. The quantitative estimate of drug-likeness (QED) is 0.0199. The van der Waals surface area contributed by atoms with Crippen molar-refractivity contribution in [3.05, 3.63) is 334 Å². The third kappa shape index (κ3) is 18.7. The lowest BCUT2D eigenvalue weighted by atomic mass is 9.64. The topological polar surface area (TPSA) is 121 Å². The Kier molecular flexibility index (Phi) is 24.6. The fourth-order valence-corrected chi connectivity index (χ4v) is 21.3. The van der Waals surface area contributed by atoms with E-state index in [1.54, 1.807) is 11.8 Å². The zero-order chi connectivity index (χ0) is 79.1. The molecule has 582 valence electrons. The first-order valence-corrected chi connectivity index (χ1v) is 43.4. The summed E-state index contributed by atoms with van der Waals surface area (Å²) in [5, 5.41) is 2.26. The number of nitrogens with zero attached hydrogens (tertiary/aromatic N) is 6. The molecule has 0 saturated heterocycles. The number of amides is 2. The van der Waals surface area contributed by atoms with Crippen LogP contribution in [0.25, 0.3) is 22.3 Å². The average molecular weight is 1610 g/mol. The van der Waals surface area contributed by atoms with E-state index in [0.717, 1.165) is 51.7 Å². The number of esters is 1. The number of imide groups is 1. The predicted octanol–water partition coefficient (Wildman–Crippen LogP) is 18.1. The molecule has 14 nitrogen and oxygen atoms in total. The van der Waals surface area contributed by atoms with Crippen LogP contribution in [0.1, 0.15) is 144 Å². The van der Waals surface area contributed by atoms with Crippen molar-refractivity contribution in [2.45, 2.75) is 126 Å². The summed E-state index contributed by atoms with van der Waals surface area (Å²) in [5.41, 5.74) is 16.9. The Morgan fingerprint density at radius 3 is 1.22 bits per heavy atom. The van der Waals surface area contributed by atoms with Crippen LogP contribution in [0.5, 0.6) is 5.75 Å². The third-order valence-electron chi connectivity index (χ3n) is 21.3. The summed E-state index contributed by atoms with van der Waals surface area (Å²) in [6.45, 7) is 25.6. The normalized spacial score (nSPS) is 14.3. The molecule has 6 aromatic carbocycles. The molecule has 5 aromatic heterocycles. The second-order valence-electron chi connectivity index (χ2n) is 32.4. The van der Waals surface area contributed by atoms with Crippen LogP contribution in [-0.2, 0) is 78.1 Å². The number of carbonyl (C=O) groups excluding carboxylic acids is 3. The maximum absolute atomic E-state index is 14.5. The highest BCUT2D eigenvalue weighted by Crippen LogP contribution is 2.60. The Balaban J connectivity index is 0.480. The molecule has 0 aliphatic carbocycles. The highest BCUT2D eigenvalue weighted by molar-refractivity contribution is 8.37. The van der Waals surface area contributed by atoms with Crippen LogP contribution in [0.3, 0.4) is 0 Å². The van der Waals surface area contributed by atoms with Gasteiger partial charge in [-0.15, -0.1) is 11.8 Å². The Morgan fingerprint density at radius 2 is 0.789 bits per heavy atom. The molecule has 0 saturated carbocycles. The maximum Gasteiger partial charge on any atom is 0.326 e. The lowest BCUT2D eigenvalue weighted by molar-refractivity contribution is -0.689. The van der Waals surface area contributed by atoms with Crippen LogP contribution >= 0.6 is 58.8 Å². The van der Waals surface area contributed by atoms with E-state index in [1.807, 2.05) is 93.1 Å². The first kappa shape index (κ1) is 79.9. The van der Waals surface area contributed by atoms with Gasteiger partial charge in [-0.25, -0.2) is 18.3 Å². The summed E-state index contributed by atoms with van der Waals surface area (Å²) in [6.07, 6.45) is 20.7. The highest BCUT2D eigenvalue weighted by atomic mass is 32.2. The molecule has 19 aliphatic heterocycles. The minimum absolute atomic E-state index is 0.0229. The van der Waals surface area contributed by atoms with Crippen LogP contribution in [-0.4, -0.2) is 92.4 Å². The maximum atomic E-state index is 14.5. The first-order valence-electron chi connectivity index (χ1n) is 39.0. The number of pyridine rings is 4. The van der Waals surface area contributed by atoms with E-state index in [2.05, 4.69) is 288 Å². The molecule has 0 N–H and O–H groups in total. The molecule has 0 radical (unpaired) electrons. The van der Waals surface area contributed by atoms with E-state index < -0.39 is 29.7 Å². The van der Waals surface area contributed by atoms with Gasteiger partial charge in [0.15, 0.2) is 75.8 Å². The number of aromatic nitrogens is 5. The number of carbonyl (C=O) groups is 3. The SMILES string of the molecule is CC(C)(C)c1ccc(C(c2ccc(OCCOCCSC3=CSC(=C4Sc5cn(CCOCCOCCOC(=O)CN6C(=O)c7c8ccc(c7C6=O)C[n+]6ccc(cc6)-c6cc[n+](cc6)Cc6ccc(cc6)C[n+]6ccc(cc6)-c6cc[n+](cc6)C8)cc5S4)S3)cc2)(c2ccc(C(C)(C)C)cc2)c2ccc(C(C)(C)C)cc2)cc1. The molecule has 19 aliphatic rings. The van der Waals surface area contributed by atoms with Crippen molar-refractivity contribution in [1.82, 2.24) is 9.47 Å². The molecule has 114 heavy (non-hydrogen) atoms. The van der Waals surface area contributed by atoms with Crippen LogP contribution in [0.4, 0.5) is 0 Å². The van der Waals surface area contributed by atoms with Gasteiger partial charge in [0.1, 0.15) is 25.5 Å². The van der Waals surface area contributed by atoms with Gasteiger partial charge in [0, 0.05) is 105 Å². The van der Waals surface area contributed by atoms with Crippen molar-refractivity contribution in [2.75, 3.05) is 65.2 Å². The average Bonchev–Trinajstić information content (AvgIpc) is 0.754. The lowest BCUT2D eigenvalue weighted by Gasteiger charge is -2.38. The van der Waals surface area contributed by atoms with Gasteiger partial charge >= 0.3 is 5.97 Å². The summed E-state index contributed by atoms with van der Waals surface area (Å²) in [5.74, 6) is -0.0848. The van der Waals surface area contributed by atoms with Gasteiger partial charge in [0.25, 0.3) is 11.8 Å². The van der Waals surface area contributed by atoms with Gasteiger partial charge < -0.3 is 28.3 Å². The fourth-order valence-electron chi connectivity index (χ4n) is 14.8. The zero-order valence-electron chi connectivity index (χ0n) is 66.3. The minimum Gasteiger partial charge on any atom is -0.491 e. The minimum atomic E-state index is -0.699. The molecule has 11 aromatic rings. The number of fused-ring (bicyclic) bond motifs is 1. The van der Waals surface area contributed by atoms with Crippen LogP contribution in [0, 0.1) is 0 Å². The molecule has 0 spiro atoms. The number of hydrogen-bond acceptors (Lipinski definition) is 13. The largest absolute Gasteiger partial charge is 0.491 e. The van der Waals surface area contributed by atoms with E-state index in [-0.39, 0.29) is 29.5 Å². The summed E-state index contributed by atoms with van der Waals surface area (Å²) in [4.78, 5) is 45.9. The smallest absolute Gasteiger partial charge is 0.326 e. The van der Waals surface area contributed by atoms with Crippen molar-refractivity contribution >= 4 is 76.6 Å². The molecule has 0 unspecified atom stereocenters. The Morgan fingerprint density at radius 1 is 0.412 bits per heavy atom. The van der Waals surface area contributed by atoms with Gasteiger partial charge in [0.05, 0.1) is 68.9 Å². The van der Waals surface area contributed by atoms with Crippen LogP contribution < -0.4 is 23.0 Å². The first-order chi connectivity index (χ1) is 55.0. The zero-order valence-corrected chi connectivity index (χ0v) is 70.4. The number of benzene rings is 6. The lowest BCUT2D eigenvalue weighted by Crippen LogP contribution is -2.37. The molecule has 2 amide bonds. The van der Waals surface area contributed by atoms with Gasteiger partial charge in [-0.05, 0) is 95.0 Å². The molecule has 24 heterocycles. The van der Waals surface area contributed by atoms with Crippen molar-refractivity contribution in [1.29, 1.82) is 0 Å². The highest BCUT2D eigenvalue weighted by Gasteiger charge is 2.43. The molecule has 30 rings (SSSR count). The van der Waals surface area contributed by atoms with Crippen molar-refractivity contribution < 1.29 is 56.3 Å². The molecule has 19 heteroatoms. The van der Waals surface area contributed by atoms with Crippen molar-refractivity contribution in [3.8, 4) is 28.0 Å². The monoisotopic (exact) mass is 1610 g/mol. The van der Waals surface area contributed by atoms with Crippen molar-refractivity contribution in [3.63, 3.8) is 0 Å². The molecule has 0 atom stereocenters. The van der Waals surface area contributed by atoms with Crippen molar-refractivity contribution in [2.24, 2.45) is 0 Å². The fraction of sp³-hybridized carbons (Fsp3) is 0.295. The van der Waals surface area contributed by atoms with Crippen LogP contribution in [0.2, 0.25) is 0 Å². The molecular formula is C95H98N6O8S5+4. The standard InChI is InChI=1S/C95H98N6O8S5/c1-92(2,3)74-16-22-77(23-17-74)95(78-24-18-75(19-25-78)93(4,5)6,79-26-20-76(21-27-79)94(7,8)9)80-28-30-81(31-29-80)108-54-52-107-56-57-110-85-65-111-90(114-85)91-112-82-62-100(63-83(82)113-91)48-49-105-50-51-106-53-55-109-84(102)64-101-88(103)86-72-14-15-73(87(86)89(101)104)61-99-46-38-71(39-47-99)69-34-42-97(43-35-69)59-67-11-10-66(12-13-67)58-96-40-32-68(33-41-96)70-36-44-98(60-72)45-37-70/h10-47,62-63,65H,48-61,64H2,1-9H3/q+4. The van der Waals surface area contributed by atoms with Gasteiger partial charge in [0.2, 0.25) is 0 Å². The Hall–Kier alpha value is -9.28. The van der Waals surface area contributed by atoms with Gasteiger partial charge in [-0.2, -0.15) is 0 Å². The molecule has 0 fully saturated rings. The second kappa shape index (κ2) is 35.0. The summed E-state index contributed by atoms with van der Waals surface area (Å²) in [7, 11) is 0. The van der Waals surface area contributed by atoms with E-state index in [1.165, 1.54) is 72.6 Å². The Labute approximate surface area is 691 Å². The van der Waals surface area contributed by atoms with E-state index in [0.29, 0.717) is 81.5 Å². The number of thioether (sulfide) groups is 5. The van der Waals surface area contributed by atoms with Crippen LogP contribution in [0.15, 0.2) is 272 Å². The summed E-state index contributed by atoms with van der Waals surface area (Å²) >= 11 is 9.11. The van der Waals surface area contributed by atoms with E-state index in [9.17, 15) is 14.4 Å². The predicted molar refractivity (Wildman–Crippen MR) is 458 cm³/mol. The second-order valence-corrected chi connectivity index (χ2v) is 38.3. The third-order valence-corrected chi connectivity index (χ3v) is 28.0. The summed E-state index contributed by atoms with van der Waals surface area (Å²) < 4.78 is 44.2. The summed E-state index contributed by atoms with van der Waals surface area (Å²) in [6, 6.07) is 65.9. The number of hydrogen-bond donors (Lipinski definition) is 0.